The van der Waals surface area contributed by atoms with Crippen molar-refractivity contribution in [1.82, 2.24) is 0 Å². The summed E-state index contributed by atoms with van der Waals surface area (Å²) >= 11 is 0. The lowest BCUT2D eigenvalue weighted by Crippen LogP contribution is -2.33. The van der Waals surface area contributed by atoms with Crippen molar-refractivity contribution in [2.75, 3.05) is 0 Å². The van der Waals surface area contributed by atoms with Crippen LogP contribution >= 0.6 is 0 Å². The number of benzene rings is 1. The number of hydrogen-bond acceptors (Lipinski definition) is 1. The van der Waals surface area contributed by atoms with Gasteiger partial charge in [-0.15, -0.1) is 0 Å². The second kappa shape index (κ2) is 5.31. The molecule has 1 aromatic rings. The Morgan fingerprint density at radius 3 is 2.10 bits per heavy atom. The van der Waals surface area contributed by atoms with Gasteiger partial charge >= 0.3 is 12.1 Å². The van der Waals surface area contributed by atoms with Crippen LogP contribution in [0.5, 0.6) is 0 Å². The topological polar surface area (TPSA) is 9.23 Å². The summed E-state index contributed by atoms with van der Waals surface area (Å²) in [6, 6.07) is 4.23. The van der Waals surface area contributed by atoms with Crippen molar-refractivity contribution in [3.63, 3.8) is 0 Å². The van der Waals surface area contributed by atoms with Crippen molar-refractivity contribution in [2.45, 2.75) is 50.5 Å². The first kappa shape index (κ1) is 15.2. The fraction of sp³-hybridized carbons (Fsp3) is 0.571. The predicted molar refractivity (Wildman–Crippen MR) is 63.5 cm³/mol. The highest BCUT2D eigenvalue weighted by molar-refractivity contribution is 5.28. The first-order valence-corrected chi connectivity index (χ1v) is 6.46. The molecule has 2 rings (SSSR count). The lowest BCUT2D eigenvalue weighted by atomic mass is 10.0. The van der Waals surface area contributed by atoms with Crippen LogP contribution in [0.25, 0.3) is 0 Å². The van der Waals surface area contributed by atoms with E-state index in [2.05, 4.69) is 0 Å². The first-order chi connectivity index (χ1) is 9.25. The second-order valence-electron chi connectivity index (χ2n) is 4.93. The zero-order valence-electron chi connectivity index (χ0n) is 10.9. The maximum atomic E-state index is 13.1. The molecule has 0 saturated carbocycles. The van der Waals surface area contributed by atoms with Crippen LogP contribution in [0.3, 0.4) is 0 Å². The molecule has 1 nitrogen and oxygen atoms in total. The highest BCUT2D eigenvalue weighted by Gasteiger charge is 2.58. The summed E-state index contributed by atoms with van der Waals surface area (Å²) < 4.78 is 68.7. The van der Waals surface area contributed by atoms with Crippen LogP contribution < -0.4 is 0 Å². The summed E-state index contributed by atoms with van der Waals surface area (Å²) in [7, 11) is 0. The fourth-order valence-corrected chi connectivity index (χ4v) is 2.32. The minimum absolute atomic E-state index is 0.135. The lowest BCUT2D eigenvalue weighted by Gasteiger charge is -2.20. The molecule has 0 spiro atoms. The highest BCUT2D eigenvalue weighted by Crippen LogP contribution is 2.44. The number of rotatable bonds is 3. The third kappa shape index (κ3) is 2.80. The van der Waals surface area contributed by atoms with Crippen molar-refractivity contribution >= 4 is 0 Å². The Balaban J connectivity index is 2.15. The first-order valence-electron chi connectivity index (χ1n) is 6.46. The molecule has 0 bridgehead atoms. The van der Waals surface area contributed by atoms with E-state index in [1.54, 1.807) is 0 Å². The Kier molecular flexibility index (Phi) is 4.04. The molecular formula is C14H15F5O. The summed E-state index contributed by atoms with van der Waals surface area (Å²) in [6.45, 7) is 1.99. The van der Waals surface area contributed by atoms with Gasteiger partial charge in [-0.05, 0) is 24.8 Å². The number of hydrogen-bond donors (Lipinski definition) is 0. The summed E-state index contributed by atoms with van der Waals surface area (Å²) in [6.07, 6.45) is -3.16. The SMILES string of the molecule is CC[C@@H]1CC[C@H](c2ccc(C(F)(F)C(F)(F)F)cc2)O1. The van der Waals surface area contributed by atoms with E-state index in [0.717, 1.165) is 31.4 Å². The van der Waals surface area contributed by atoms with Crippen LogP contribution in [-0.2, 0) is 10.7 Å². The largest absolute Gasteiger partial charge is 0.458 e. The quantitative estimate of drug-likeness (QED) is 0.715. The van der Waals surface area contributed by atoms with Crippen LogP contribution in [0.1, 0.15) is 43.4 Å². The van der Waals surface area contributed by atoms with Gasteiger partial charge in [-0.3, -0.25) is 0 Å². The number of ether oxygens (including phenoxy) is 1. The van der Waals surface area contributed by atoms with Gasteiger partial charge in [0, 0.05) is 5.56 Å². The minimum atomic E-state index is -5.58. The van der Waals surface area contributed by atoms with Gasteiger partial charge in [0.1, 0.15) is 0 Å². The van der Waals surface area contributed by atoms with E-state index in [4.69, 9.17) is 4.74 Å². The van der Waals surface area contributed by atoms with Gasteiger partial charge < -0.3 is 4.74 Å². The normalized spacial score (nSPS) is 24.1. The molecule has 1 aliphatic heterocycles. The van der Waals surface area contributed by atoms with Crippen LogP contribution in [-0.4, -0.2) is 12.3 Å². The monoisotopic (exact) mass is 294 g/mol. The highest BCUT2D eigenvalue weighted by atomic mass is 19.4. The summed E-state index contributed by atoms with van der Waals surface area (Å²) in [4.78, 5) is 0. The van der Waals surface area contributed by atoms with Gasteiger partial charge in [0.15, 0.2) is 0 Å². The summed E-state index contributed by atoms with van der Waals surface area (Å²) in [5, 5.41) is 0. The van der Waals surface area contributed by atoms with E-state index in [9.17, 15) is 22.0 Å². The molecule has 112 valence electrons. The molecule has 0 unspecified atom stereocenters. The van der Waals surface area contributed by atoms with Crippen molar-refractivity contribution in [3.8, 4) is 0 Å². The van der Waals surface area contributed by atoms with Crippen molar-refractivity contribution in [3.05, 3.63) is 35.4 Å². The molecule has 1 fully saturated rings. The average molecular weight is 294 g/mol. The molecule has 0 N–H and O–H groups in total. The Labute approximate surface area is 113 Å². The molecule has 0 amide bonds. The number of halogens is 5. The van der Waals surface area contributed by atoms with E-state index in [1.165, 1.54) is 12.1 Å². The van der Waals surface area contributed by atoms with Crippen molar-refractivity contribution < 1.29 is 26.7 Å². The van der Waals surface area contributed by atoms with Gasteiger partial charge in [0.2, 0.25) is 0 Å². The van der Waals surface area contributed by atoms with E-state index in [-0.39, 0.29) is 12.2 Å². The second-order valence-corrected chi connectivity index (χ2v) is 4.93. The zero-order valence-corrected chi connectivity index (χ0v) is 10.9. The zero-order chi connectivity index (χ0) is 15.0. The van der Waals surface area contributed by atoms with E-state index in [0.29, 0.717) is 5.56 Å². The summed E-state index contributed by atoms with van der Waals surface area (Å²) in [5.41, 5.74) is -0.401. The molecule has 20 heavy (non-hydrogen) atoms. The standard InChI is InChI=1S/C14H15F5O/c1-2-11-7-8-12(20-11)9-3-5-10(6-4-9)13(15,16)14(17,18)19/h3-6,11-12H,2,7-8H2,1H3/t11-,12-/m1/s1. The van der Waals surface area contributed by atoms with E-state index < -0.39 is 17.7 Å². The fourth-order valence-electron chi connectivity index (χ4n) is 2.32. The Bertz CT molecular complexity index is 452. The summed E-state index contributed by atoms with van der Waals surface area (Å²) in [5.74, 6) is -4.83. The maximum Gasteiger partial charge on any atom is 0.458 e. The average Bonchev–Trinajstić information content (AvgIpc) is 2.86. The minimum Gasteiger partial charge on any atom is -0.370 e. The molecule has 1 aliphatic rings. The van der Waals surface area contributed by atoms with Gasteiger partial charge in [-0.25, -0.2) is 0 Å². The van der Waals surface area contributed by atoms with Gasteiger partial charge in [-0.2, -0.15) is 22.0 Å². The molecular weight excluding hydrogens is 279 g/mol. The molecule has 6 heteroatoms. The molecule has 1 saturated heterocycles. The van der Waals surface area contributed by atoms with E-state index in [1.807, 2.05) is 6.92 Å². The van der Waals surface area contributed by atoms with Crippen LogP contribution in [0.2, 0.25) is 0 Å². The third-order valence-corrected chi connectivity index (χ3v) is 3.56. The van der Waals surface area contributed by atoms with Crippen LogP contribution in [0, 0.1) is 0 Å². The van der Waals surface area contributed by atoms with Gasteiger partial charge in [0.25, 0.3) is 0 Å². The van der Waals surface area contributed by atoms with Crippen LogP contribution in [0.15, 0.2) is 24.3 Å². The number of alkyl halides is 5. The molecule has 0 radical (unpaired) electrons. The Hall–Kier alpha value is -1.17. The Morgan fingerprint density at radius 2 is 1.65 bits per heavy atom. The molecule has 2 atom stereocenters. The smallest absolute Gasteiger partial charge is 0.370 e. The van der Waals surface area contributed by atoms with E-state index >= 15 is 0 Å². The Morgan fingerprint density at radius 1 is 1.05 bits per heavy atom. The van der Waals surface area contributed by atoms with Crippen molar-refractivity contribution in [1.29, 1.82) is 0 Å². The third-order valence-electron chi connectivity index (χ3n) is 3.56. The lowest BCUT2D eigenvalue weighted by molar-refractivity contribution is -0.289. The predicted octanol–water partition coefficient (Wildman–Crippen LogP) is 4.97. The molecule has 1 aromatic carbocycles. The van der Waals surface area contributed by atoms with Crippen molar-refractivity contribution in [2.24, 2.45) is 0 Å². The molecule has 0 aromatic heterocycles. The van der Waals surface area contributed by atoms with Gasteiger partial charge in [0.05, 0.1) is 12.2 Å². The van der Waals surface area contributed by atoms with Gasteiger partial charge in [-0.1, -0.05) is 31.2 Å². The molecule has 0 aliphatic carbocycles. The maximum absolute atomic E-state index is 13.1. The van der Waals surface area contributed by atoms with Crippen LogP contribution in [0.4, 0.5) is 22.0 Å². The molecule has 1 heterocycles.